The summed E-state index contributed by atoms with van der Waals surface area (Å²) < 4.78 is 26.3. The van der Waals surface area contributed by atoms with Crippen LogP contribution in [0.4, 0.5) is 5.69 Å². The molecular formula is C24H29N3O5S2. The van der Waals surface area contributed by atoms with Crippen LogP contribution in [0.5, 0.6) is 23.0 Å². The molecule has 182 valence electrons. The first-order valence-corrected chi connectivity index (χ1v) is 12.6. The van der Waals surface area contributed by atoms with Crippen molar-refractivity contribution in [1.82, 2.24) is 4.37 Å². The van der Waals surface area contributed by atoms with Crippen molar-refractivity contribution in [2.45, 2.75) is 12.5 Å². The van der Waals surface area contributed by atoms with E-state index >= 15 is 0 Å². The van der Waals surface area contributed by atoms with Crippen molar-refractivity contribution in [3.63, 3.8) is 0 Å². The highest BCUT2D eigenvalue weighted by atomic mass is 32.2. The number of nitrogens with two attached hydrogens (primary N) is 1. The number of hydrogen-bond acceptors (Lipinski definition) is 9. The fourth-order valence-electron chi connectivity index (χ4n) is 3.44. The van der Waals surface area contributed by atoms with Gasteiger partial charge in [0, 0.05) is 17.3 Å². The Morgan fingerprint density at radius 3 is 2.29 bits per heavy atom. The summed E-state index contributed by atoms with van der Waals surface area (Å²) in [5.41, 5.74) is 9.22. The lowest BCUT2D eigenvalue weighted by Gasteiger charge is -2.16. The fourth-order valence-corrected chi connectivity index (χ4v) is 4.69. The molecule has 0 spiro atoms. The normalized spacial score (nSPS) is 11.6. The van der Waals surface area contributed by atoms with E-state index in [4.69, 9.17) is 24.7 Å². The summed E-state index contributed by atoms with van der Waals surface area (Å²) in [5.74, 6) is 2.73. The van der Waals surface area contributed by atoms with E-state index < -0.39 is 6.04 Å². The Morgan fingerprint density at radius 1 is 1.03 bits per heavy atom. The number of nitrogens with one attached hydrogen (secondary N) is 1. The standard InChI is InChI=1S/C24H29N3O5S2/c1-29-19-7-6-14(10-18(19)27-24(28)17(25)8-9-33-5)16-13-26-34-23(16)15-11-20(30-2)22(32-4)21(12-15)31-3/h6-7,10-13,17H,8-9,25H2,1-5H3,(H,27,28). The summed E-state index contributed by atoms with van der Waals surface area (Å²) in [6.07, 6.45) is 4.37. The number of methoxy groups -OCH3 is 4. The summed E-state index contributed by atoms with van der Waals surface area (Å²) in [6.45, 7) is 0. The molecule has 34 heavy (non-hydrogen) atoms. The molecule has 0 saturated heterocycles. The van der Waals surface area contributed by atoms with Crippen molar-refractivity contribution in [1.29, 1.82) is 0 Å². The van der Waals surface area contributed by atoms with E-state index in [-0.39, 0.29) is 5.91 Å². The lowest BCUT2D eigenvalue weighted by atomic mass is 10.0. The van der Waals surface area contributed by atoms with Crippen LogP contribution in [0.1, 0.15) is 6.42 Å². The lowest BCUT2D eigenvalue weighted by molar-refractivity contribution is -0.117. The average Bonchev–Trinajstić information content (AvgIpc) is 3.36. The van der Waals surface area contributed by atoms with E-state index in [1.807, 2.05) is 36.6 Å². The predicted molar refractivity (Wildman–Crippen MR) is 139 cm³/mol. The fraction of sp³-hybridized carbons (Fsp3) is 0.333. The molecule has 0 saturated carbocycles. The summed E-state index contributed by atoms with van der Waals surface area (Å²) in [7, 11) is 6.29. The SMILES string of the molecule is COc1ccc(-c2cnsc2-c2cc(OC)c(OC)c(OC)c2)cc1NC(=O)C(N)CCSC. The summed E-state index contributed by atoms with van der Waals surface area (Å²) in [6, 6.07) is 8.77. The molecule has 0 fully saturated rings. The van der Waals surface area contributed by atoms with Crippen LogP contribution < -0.4 is 30.0 Å². The second-order valence-corrected chi connectivity index (χ2v) is 9.06. The Morgan fingerprint density at radius 2 is 1.71 bits per heavy atom. The van der Waals surface area contributed by atoms with E-state index in [1.54, 1.807) is 46.4 Å². The highest BCUT2D eigenvalue weighted by Crippen LogP contribution is 2.45. The number of thioether (sulfide) groups is 1. The Hall–Kier alpha value is -2.95. The third kappa shape index (κ3) is 5.57. The minimum atomic E-state index is -0.599. The monoisotopic (exact) mass is 503 g/mol. The molecule has 8 nitrogen and oxygen atoms in total. The highest BCUT2D eigenvalue weighted by Gasteiger charge is 2.20. The summed E-state index contributed by atoms with van der Waals surface area (Å²) in [4.78, 5) is 13.5. The van der Waals surface area contributed by atoms with Crippen LogP contribution in [-0.4, -0.2) is 56.8 Å². The van der Waals surface area contributed by atoms with Gasteiger partial charge in [-0.05, 0) is 59.8 Å². The molecule has 0 bridgehead atoms. The van der Waals surface area contributed by atoms with Gasteiger partial charge in [-0.1, -0.05) is 6.07 Å². The number of aromatic nitrogens is 1. The van der Waals surface area contributed by atoms with Gasteiger partial charge in [-0.2, -0.15) is 16.1 Å². The van der Waals surface area contributed by atoms with Gasteiger partial charge in [0.25, 0.3) is 0 Å². The van der Waals surface area contributed by atoms with Gasteiger partial charge in [0.2, 0.25) is 11.7 Å². The second-order valence-electron chi connectivity index (χ2n) is 7.27. The van der Waals surface area contributed by atoms with Crippen molar-refractivity contribution < 1.29 is 23.7 Å². The van der Waals surface area contributed by atoms with E-state index in [1.165, 1.54) is 11.5 Å². The zero-order valence-electron chi connectivity index (χ0n) is 19.8. The first-order valence-electron chi connectivity index (χ1n) is 10.5. The first-order chi connectivity index (χ1) is 16.5. The van der Waals surface area contributed by atoms with Crippen molar-refractivity contribution in [3.05, 3.63) is 36.5 Å². The molecule has 0 aliphatic heterocycles. The molecule has 0 aliphatic carbocycles. The van der Waals surface area contributed by atoms with Gasteiger partial charge >= 0.3 is 0 Å². The number of carbonyl (C=O) groups excluding carboxylic acids is 1. The van der Waals surface area contributed by atoms with Crippen LogP contribution >= 0.6 is 23.3 Å². The van der Waals surface area contributed by atoms with Crippen LogP contribution in [0.15, 0.2) is 36.5 Å². The average molecular weight is 504 g/mol. The number of ether oxygens (including phenoxy) is 4. The molecule has 1 heterocycles. The number of nitrogens with zero attached hydrogens (tertiary/aromatic N) is 1. The van der Waals surface area contributed by atoms with Crippen LogP contribution in [0.3, 0.4) is 0 Å². The molecule has 3 rings (SSSR count). The number of rotatable bonds is 11. The molecular weight excluding hydrogens is 474 g/mol. The Kier molecular flexibility index (Phi) is 9.03. The van der Waals surface area contributed by atoms with Crippen molar-refractivity contribution in [2.75, 3.05) is 45.8 Å². The van der Waals surface area contributed by atoms with Crippen LogP contribution in [-0.2, 0) is 4.79 Å². The summed E-state index contributed by atoms with van der Waals surface area (Å²) >= 11 is 3.00. The molecule has 1 atom stereocenters. The summed E-state index contributed by atoms with van der Waals surface area (Å²) in [5, 5.41) is 2.91. The van der Waals surface area contributed by atoms with E-state index in [0.717, 1.165) is 27.3 Å². The van der Waals surface area contributed by atoms with Crippen LogP contribution in [0, 0.1) is 0 Å². The minimum Gasteiger partial charge on any atom is -0.495 e. The van der Waals surface area contributed by atoms with E-state index in [0.29, 0.717) is 35.1 Å². The zero-order valence-corrected chi connectivity index (χ0v) is 21.5. The van der Waals surface area contributed by atoms with Gasteiger partial charge in [0.15, 0.2) is 11.5 Å². The molecule has 2 aromatic carbocycles. The molecule has 0 radical (unpaired) electrons. The Balaban J connectivity index is 2.00. The smallest absolute Gasteiger partial charge is 0.241 e. The van der Waals surface area contributed by atoms with Gasteiger partial charge in [0.1, 0.15) is 5.75 Å². The highest BCUT2D eigenvalue weighted by molar-refractivity contribution is 7.98. The second kappa shape index (κ2) is 12.0. The third-order valence-corrected chi connectivity index (χ3v) is 6.73. The molecule has 1 aromatic heterocycles. The predicted octanol–water partition coefficient (Wildman–Crippen LogP) is 4.53. The number of benzene rings is 2. The van der Waals surface area contributed by atoms with Crippen LogP contribution in [0.25, 0.3) is 21.6 Å². The van der Waals surface area contributed by atoms with Crippen molar-refractivity contribution in [2.24, 2.45) is 5.73 Å². The number of carbonyl (C=O) groups is 1. The number of amides is 1. The van der Waals surface area contributed by atoms with Gasteiger partial charge in [0.05, 0.1) is 45.0 Å². The van der Waals surface area contributed by atoms with Crippen molar-refractivity contribution >= 4 is 34.9 Å². The minimum absolute atomic E-state index is 0.252. The molecule has 3 N–H and O–H groups in total. The van der Waals surface area contributed by atoms with Crippen LogP contribution in [0.2, 0.25) is 0 Å². The maximum absolute atomic E-state index is 12.6. The lowest BCUT2D eigenvalue weighted by Crippen LogP contribution is -2.36. The van der Waals surface area contributed by atoms with Gasteiger partial charge < -0.3 is 30.0 Å². The first kappa shape index (κ1) is 25.7. The molecule has 3 aromatic rings. The van der Waals surface area contributed by atoms with Gasteiger partial charge in [-0.3, -0.25) is 4.79 Å². The maximum Gasteiger partial charge on any atom is 0.241 e. The number of anilines is 1. The Labute approximate surface area is 207 Å². The zero-order chi connectivity index (χ0) is 24.7. The molecule has 1 amide bonds. The van der Waals surface area contributed by atoms with E-state index in [9.17, 15) is 4.79 Å². The quantitative estimate of drug-likeness (QED) is 0.393. The molecule has 0 aliphatic rings. The van der Waals surface area contributed by atoms with Crippen molar-refractivity contribution in [3.8, 4) is 44.6 Å². The molecule has 10 heteroatoms. The maximum atomic E-state index is 12.6. The molecule has 1 unspecified atom stereocenters. The van der Waals surface area contributed by atoms with Gasteiger partial charge in [-0.25, -0.2) is 0 Å². The number of hydrogen-bond donors (Lipinski definition) is 2. The van der Waals surface area contributed by atoms with E-state index in [2.05, 4.69) is 9.69 Å². The Bertz CT molecular complexity index is 1110. The topological polar surface area (TPSA) is 105 Å². The van der Waals surface area contributed by atoms with Gasteiger partial charge in [-0.15, -0.1) is 0 Å². The third-order valence-electron chi connectivity index (χ3n) is 5.24. The largest absolute Gasteiger partial charge is 0.495 e.